The largest absolute Gasteiger partial charge is 0.613 e. The van der Waals surface area contributed by atoms with Gasteiger partial charge in [-0.3, -0.25) is 14.8 Å². The maximum atomic E-state index is 13.3. The summed E-state index contributed by atoms with van der Waals surface area (Å²) in [5.41, 5.74) is 3.98. The minimum Gasteiger partial charge on any atom is -0.613 e. The lowest BCUT2D eigenvalue weighted by atomic mass is 9.80. The summed E-state index contributed by atoms with van der Waals surface area (Å²) in [6, 6.07) is 12.9. The molecule has 35 heavy (non-hydrogen) atoms. The van der Waals surface area contributed by atoms with Crippen LogP contribution in [-0.2, 0) is 15.0 Å². The number of nitrogens with one attached hydrogen (secondary N) is 4. The molecule has 1 heterocycles. The van der Waals surface area contributed by atoms with Crippen LogP contribution in [0.1, 0.15) is 49.3 Å². The first-order valence-electron chi connectivity index (χ1n) is 11.6. The zero-order valence-electron chi connectivity index (χ0n) is 19.4. The molecule has 2 aliphatic rings. The number of quaternary nitrogens is 1. The van der Waals surface area contributed by atoms with E-state index in [9.17, 15) is 20.1 Å². The average molecular weight is 498 g/mol. The minimum atomic E-state index is -0.997. The highest BCUT2D eigenvalue weighted by atomic mass is 35.5. The Morgan fingerprint density at radius 1 is 1.29 bits per heavy atom. The van der Waals surface area contributed by atoms with Crippen molar-refractivity contribution in [2.24, 2.45) is 0 Å². The van der Waals surface area contributed by atoms with E-state index >= 15 is 0 Å². The van der Waals surface area contributed by atoms with E-state index in [0.29, 0.717) is 22.0 Å². The van der Waals surface area contributed by atoms with Crippen LogP contribution in [0.25, 0.3) is 0 Å². The molecule has 0 radical (unpaired) electrons. The molecule has 4 N–H and O–H groups in total. The Bertz CT molecular complexity index is 1130. The lowest BCUT2D eigenvalue weighted by molar-refractivity contribution is -0.921. The fourth-order valence-corrected chi connectivity index (χ4v) is 5.12. The number of carbonyl (C=O) groups is 2. The number of hydroxylamine groups is 1. The first-order valence-corrected chi connectivity index (χ1v) is 12.0. The summed E-state index contributed by atoms with van der Waals surface area (Å²) < 4.78 is 5.19. The van der Waals surface area contributed by atoms with Gasteiger partial charge in [-0.05, 0) is 48.2 Å². The van der Waals surface area contributed by atoms with Crippen LogP contribution in [-0.4, -0.2) is 31.5 Å². The highest BCUT2D eigenvalue weighted by molar-refractivity contribution is 6.32. The number of benzene rings is 2. The van der Waals surface area contributed by atoms with Gasteiger partial charge in [-0.2, -0.15) is 10.7 Å². The third kappa shape index (κ3) is 5.41. The van der Waals surface area contributed by atoms with Crippen LogP contribution in [0.15, 0.2) is 42.5 Å². The molecule has 0 aromatic heterocycles. The Morgan fingerprint density at radius 2 is 2.00 bits per heavy atom. The second-order valence-electron chi connectivity index (χ2n) is 9.00. The number of rotatable bonds is 8. The molecule has 4 rings (SSSR count). The van der Waals surface area contributed by atoms with Gasteiger partial charge in [-0.25, -0.2) is 0 Å². The fraction of sp³-hybridized carbons (Fsp3) is 0.400. The number of methoxy groups -OCH3 is 1. The second kappa shape index (κ2) is 10.6. The van der Waals surface area contributed by atoms with Gasteiger partial charge < -0.3 is 20.6 Å². The molecular formula is C25H28ClN5O4. The van der Waals surface area contributed by atoms with Gasteiger partial charge in [0.25, 0.3) is 5.91 Å². The molecule has 9 nitrogen and oxygen atoms in total. The predicted octanol–water partition coefficient (Wildman–Crippen LogP) is 2.14. The summed E-state index contributed by atoms with van der Waals surface area (Å²) in [7, 11) is 1.54. The Morgan fingerprint density at radius 3 is 2.57 bits per heavy atom. The molecule has 10 heteroatoms. The molecule has 0 bridgehead atoms. The van der Waals surface area contributed by atoms with Crippen LogP contribution < -0.4 is 26.0 Å². The molecule has 3 atom stereocenters. The number of anilines is 1. The minimum absolute atomic E-state index is 0.0838. The number of hydrogen-bond donors (Lipinski definition) is 4. The molecule has 2 aromatic carbocycles. The third-order valence-electron chi connectivity index (χ3n) is 6.77. The van der Waals surface area contributed by atoms with E-state index in [4.69, 9.17) is 16.3 Å². The van der Waals surface area contributed by atoms with E-state index in [1.54, 1.807) is 49.6 Å². The van der Waals surface area contributed by atoms with Crippen molar-refractivity contribution in [2.45, 2.75) is 49.6 Å². The van der Waals surface area contributed by atoms with Gasteiger partial charge in [-0.15, -0.1) is 0 Å². The second-order valence-corrected chi connectivity index (χ2v) is 9.41. The van der Waals surface area contributed by atoms with Crippen molar-refractivity contribution in [1.82, 2.24) is 10.7 Å². The summed E-state index contributed by atoms with van der Waals surface area (Å²) in [5, 5.41) is 28.1. The molecule has 1 aliphatic heterocycles. The molecule has 2 fully saturated rings. The molecular weight excluding hydrogens is 470 g/mol. The number of ether oxygens (including phenoxy) is 1. The Balaban J connectivity index is 1.55. The normalized spacial score (nSPS) is 20.5. The van der Waals surface area contributed by atoms with Crippen molar-refractivity contribution < 1.29 is 19.5 Å². The van der Waals surface area contributed by atoms with E-state index in [1.807, 2.05) is 0 Å². The number of amides is 2. The number of hydrogen-bond acceptors (Lipinski definition) is 6. The molecule has 2 amide bonds. The molecule has 3 unspecified atom stereocenters. The quantitative estimate of drug-likeness (QED) is 0.413. The molecule has 2 aromatic rings. The van der Waals surface area contributed by atoms with Crippen LogP contribution >= 0.6 is 11.6 Å². The zero-order chi connectivity index (χ0) is 25.0. The Labute approximate surface area is 208 Å². The summed E-state index contributed by atoms with van der Waals surface area (Å²) >= 11 is 6.55. The maximum absolute atomic E-state index is 13.3. The molecule has 184 valence electrons. The zero-order valence-corrected chi connectivity index (χ0v) is 20.2. The number of halogens is 1. The van der Waals surface area contributed by atoms with Gasteiger partial charge in [0, 0.05) is 10.7 Å². The smallest absolute Gasteiger partial charge is 0.251 e. The van der Waals surface area contributed by atoms with Crippen LogP contribution in [0.2, 0.25) is 5.02 Å². The van der Waals surface area contributed by atoms with Crippen LogP contribution in [0, 0.1) is 16.5 Å². The van der Waals surface area contributed by atoms with Crippen LogP contribution in [0.5, 0.6) is 5.75 Å². The van der Waals surface area contributed by atoms with Crippen molar-refractivity contribution in [2.75, 3.05) is 19.0 Å². The van der Waals surface area contributed by atoms with E-state index in [2.05, 4.69) is 22.1 Å². The van der Waals surface area contributed by atoms with Crippen LogP contribution in [0.4, 0.5) is 5.69 Å². The monoisotopic (exact) mass is 497 g/mol. The summed E-state index contributed by atoms with van der Waals surface area (Å²) in [6.07, 6.45) is 3.57. The molecule has 1 aliphatic carbocycles. The number of carbonyl (C=O) groups excluding carboxylic acids is 2. The van der Waals surface area contributed by atoms with E-state index in [-0.39, 0.29) is 24.0 Å². The average Bonchev–Trinajstić information content (AvgIpc) is 3.52. The summed E-state index contributed by atoms with van der Waals surface area (Å²) in [5.74, 6) is -0.0336. The molecule has 0 spiro atoms. The lowest BCUT2D eigenvalue weighted by Gasteiger charge is -2.31. The highest BCUT2D eigenvalue weighted by Crippen LogP contribution is 2.43. The van der Waals surface area contributed by atoms with Gasteiger partial charge in [-0.1, -0.05) is 42.6 Å². The highest BCUT2D eigenvalue weighted by Gasteiger charge is 2.37. The summed E-state index contributed by atoms with van der Waals surface area (Å²) in [6.45, 7) is 0.235. The van der Waals surface area contributed by atoms with Crippen molar-refractivity contribution >= 4 is 29.1 Å². The first kappa shape index (κ1) is 24.9. The SMILES string of the molecule is COc1ccc(C(N[NH+]([O-])C2CNC(=O)C2)C(=O)Nc2ccc(C3(C#N)CCCC3)c(Cl)c2)cc1. The van der Waals surface area contributed by atoms with Gasteiger partial charge in [0.15, 0.2) is 6.04 Å². The van der Waals surface area contributed by atoms with Gasteiger partial charge >= 0.3 is 0 Å². The van der Waals surface area contributed by atoms with Crippen molar-refractivity contribution in [1.29, 1.82) is 5.26 Å². The standard InChI is InChI=1S/C25H28ClN5O4/c1-35-19-7-4-16(5-8-19)23(30-31(34)18-13-22(32)28-14-18)24(33)29-17-6-9-20(21(26)12-17)25(15-27)10-2-3-11-25/h4-9,12,18,23,30-31H,2-3,10-11,13-14H2,1H3,(H,28,32)(H,29,33). The third-order valence-corrected chi connectivity index (χ3v) is 7.08. The number of nitriles is 1. The Kier molecular flexibility index (Phi) is 7.57. The van der Waals surface area contributed by atoms with E-state index < -0.39 is 23.4 Å². The fourth-order valence-electron chi connectivity index (χ4n) is 4.76. The van der Waals surface area contributed by atoms with E-state index in [0.717, 1.165) is 31.2 Å². The lowest BCUT2D eigenvalue weighted by Crippen LogP contribution is -3.18. The topological polar surface area (TPSA) is 131 Å². The first-order chi connectivity index (χ1) is 16.8. The van der Waals surface area contributed by atoms with Crippen molar-refractivity contribution in [3.8, 4) is 11.8 Å². The van der Waals surface area contributed by atoms with Crippen molar-refractivity contribution in [3.63, 3.8) is 0 Å². The maximum Gasteiger partial charge on any atom is 0.251 e. The Hall–Kier alpha value is -3.16. The van der Waals surface area contributed by atoms with Gasteiger partial charge in [0.2, 0.25) is 5.91 Å². The van der Waals surface area contributed by atoms with E-state index in [1.165, 1.54) is 0 Å². The molecule has 1 saturated carbocycles. The van der Waals surface area contributed by atoms with Crippen molar-refractivity contribution in [3.05, 3.63) is 63.8 Å². The number of nitrogens with zero attached hydrogens (tertiary/aromatic N) is 1. The summed E-state index contributed by atoms with van der Waals surface area (Å²) in [4.78, 5) is 24.9. The van der Waals surface area contributed by atoms with Crippen LogP contribution in [0.3, 0.4) is 0 Å². The molecule has 1 saturated heterocycles. The predicted molar refractivity (Wildman–Crippen MR) is 130 cm³/mol. The van der Waals surface area contributed by atoms with Gasteiger partial charge in [0.05, 0.1) is 31.6 Å². The van der Waals surface area contributed by atoms with Gasteiger partial charge in [0.1, 0.15) is 11.8 Å².